The molecule has 0 saturated carbocycles. The Balaban J connectivity index is 2.18. The SMILES string of the molecule is CCC(C)C1CN(c2ccc(Cl)c(Br)c2)C(C)CN1. The van der Waals surface area contributed by atoms with Crippen LogP contribution in [0.15, 0.2) is 22.7 Å². The lowest BCUT2D eigenvalue weighted by atomic mass is 9.95. The van der Waals surface area contributed by atoms with Crippen molar-refractivity contribution in [2.24, 2.45) is 5.92 Å². The van der Waals surface area contributed by atoms with Gasteiger partial charge in [-0.05, 0) is 47.0 Å². The lowest BCUT2D eigenvalue weighted by Gasteiger charge is -2.42. The molecule has 1 aliphatic heterocycles. The Kier molecular flexibility index (Phi) is 5.15. The van der Waals surface area contributed by atoms with E-state index in [1.54, 1.807) is 0 Å². The molecule has 0 spiro atoms. The van der Waals surface area contributed by atoms with E-state index >= 15 is 0 Å². The zero-order chi connectivity index (χ0) is 14.0. The molecule has 1 aromatic carbocycles. The Morgan fingerprint density at radius 1 is 1.53 bits per heavy atom. The number of halogens is 2. The molecule has 1 aliphatic rings. The number of piperazine rings is 1. The predicted octanol–water partition coefficient (Wildman–Crippen LogP) is 4.32. The molecule has 2 nitrogen and oxygen atoms in total. The first kappa shape index (κ1) is 15.1. The zero-order valence-corrected chi connectivity index (χ0v) is 14.1. The van der Waals surface area contributed by atoms with E-state index in [2.05, 4.69) is 59.1 Å². The van der Waals surface area contributed by atoms with E-state index < -0.39 is 0 Å². The molecule has 1 fully saturated rings. The number of benzene rings is 1. The van der Waals surface area contributed by atoms with E-state index in [4.69, 9.17) is 11.6 Å². The molecule has 2 rings (SSSR count). The highest BCUT2D eigenvalue weighted by molar-refractivity contribution is 9.10. The first-order valence-electron chi connectivity index (χ1n) is 6.98. The maximum Gasteiger partial charge on any atom is 0.0549 e. The van der Waals surface area contributed by atoms with Gasteiger partial charge in [-0.3, -0.25) is 0 Å². The summed E-state index contributed by atoms with van der Waals surface area (Å²) in [7, 11) is 0. The summed E-state index contributed by atoms with van der Waals surface area (Å²) in [4.78, 5) is 2.48. The van der Waals surface area contributed by atoms with Gasteiger partial charge >= 0.3 is 0 Å². The second-order valence-electron chi connectivity index (χ2n) is 5.50. The van der Waals surface area contributed by atoms with Crippen molar-refractivity contribution >= 4 is 33.2 Å². The molecule has 0 aromatic heterocycles. The molecule has 1 aromatic rings. The average Bonchev–Trinajstić information content (AvgIpc) is 2.41. The highest BCUT2D eigenvalue weighted by atomic mass is 79.9. The van der Waals surface area contributed by atoms with Crippen LogP contribution in [0.5, 0.6) is 0 Å². The van der Waals surface area contributed by atoms with E-state index in [1.165, 1.54) is 12.1 Å². The number of hydrogen-bond donors (Lipinski definition) is 1. The van der Waals surface area contributed by atoms with Crippen molar-refractivity contribution in [2.45, 2.75) is 39.3 Å². The third kappa shape index (κ3) is 3.45. The van der Waals surface area contributed by atoms with Crippen molar-refractivity contribution in [1.29, 1.82) is 0 Å². The van der Waals surface area contributed by atoms with Gasteiger partial charge in [0.15, 0.2) is 0 Å². The van der Waals surface area contributed by atoms with Crippen molar-refractivity contribution in [1.82, 2.24) is 5.32 Å². The molecule has 19 heavy (non-hydrogen) atoms. The summed E-state index contributed by atoms with van der Waals surface area (Å²) in [6.45, 7) is 8.94. The van der Waals surface area contributed by atoms with Crippen molar-refractivity contribution in [3.8, 4) is 0 Å². The Hall–Kier alpha value is -0.250. The van der Waals surface area contributed by atoms with E-state index in [0.29, 0.717) is 18.0 Å². The van der Waals surface area contributed by atoms with Gasteiger partial charge in [0.2, 0.25) is 0 Å². The molecular weight excluding hydrogens is 324 g/mol. The third-order valence-corrected chi connectivity index (χ3v) is 5.38. The maximum absolute atomic E-state index is 6.08. The van der Waals surface area contributed by atoms with Crippen LogP contribution in [0.1, 0.15) is 27.2 Å². The Bertz CT molecular complexity index is 438. The molecule has 3 unspecified atom stereocenters. The molecule has 1 heterocycles. The molecule has 0 aliphatic carbocycles. The Morgan fingerprint density at radius 2 is 2.26 bits per heavy atom. The van der Waals surface area contributed by atoms with Crippen LogP contribution in [0.4, 0.5) is 5.69 Å². The summed E-state index contributed by atoms with van der Waals surface area (Å²) >= 11 is 9.60. The van der Waals surface area contributed by atoms with Gasteiger partial charge in [0.1, 0.15) is 0 Å². The lowest BCUT2D eigenvalue weighted by molar-refractivity contribution is 0.316. The lowest BCUT2D eigenvalue weighted by Crippen LogP contribution is -2.57. The highest BCUT2D eigenvalue weighted by Crippen LogP contribution is 2.30. The van der Waals surface area contributed by atoms with Gasteiger partial charge in [-0.25, -0.2) is 0 Å². The van der Waals surface area contributed by atoms with Crippen LogP contribution >= 0.6 is 27.5 Å². The number of rotatable bonds is 3. The van der Waals surface area contributed by atoms with E-state index in [0.717, 1.165) is 22.6 Å². The highest BCUT2D eigenvalue weighted by Gasteiger charge is 2.27. The second kappa shape index (κ2) is 6.47. The van der Waals surface area contributed by atoms with E-state index in [1.807, 2.05) is 6.07 Å². The summed E-state index contributed by atoms with van der Waals surface area (Å²) in [6.07, 6.45) is 1.21. The number of nitrogens with one attached hydrogen (secondary N) is 1. The summed E-state index contributed by atoms with van der Waals surface area (Å²) in [5.74, 6) is 0.700. The van der Waals surface area contributed by atoms with Gasteiger partial charge in [-0.1, -0.05) is 31.9 Å². The summed E-state index contributed by atoms with van der Waals surface area (Å²) in [5, 5.41) is 4.43. The van der Waals surface area contributed by atoms with Crippen molar-refractivity contribution in [3.63, 3.8) is 0 Å². The van der Waals surface area contributed by atoms with Crippen LogP contribution in [0.3, 0.4) is 0 Å². The Labute approximate surface area is 129 Å². The first-order valence-corrected chi connectivity index (χ1v) is 8.15. The fraction of sp³-hybridized carbons (Fsp3) is 0.600. The largest absolute Gasteiger partial charge is 0.366 e. The zero-order valence-electron chi connectivity index (χ0n) is 11.8. The fourth-order valence-electron chi connectivity index (χ4n) is 2.58. The van der Waals surface area contributed by atoms with Gasteiger partial charge in [-0.2, -0.15) is 0 Å². The molecule has 3 atom stereocenters. The molecule has 0 amide bonds. The molecule has 0 radical (unpaired) electrons. The molecule has 4 heteroatoms. The molecular formula is C15H22BrClN2. The standard InChI is InChI=1S/C15H22BrClN2/c1-4-10(2)15-9-19(11(3)8-18-15)12-5-6-14(17)13(16)7-12/h5-7,10-11,15,18H,4,8-9H2,1-3H3. The predicted molar refractivity (Wildman–Crippen MR) is 87.2 cm³/mol. The van der Waals surface area contributed by atoms with Crippen LogP contribution in [0.25, 0.3) is 0 Å². The quantitative estimate of drug-likeness (QED) is 0.878. The van der Waals surface area contributed by atoms with Crippen LogP contribution in [0, 0.1) is 5.92 Å². The maximum atomic E-state index is 6.08. The van der Waals surface area contributed by atoms with Crippen molar-refractivity contribution in [2.75, 3.05) is 18.0 Å². The summed E-state index contributed by atoms with van der Waals surface area (Å²) in [6, 6.07) is 7.28. The minimum atomic E-state index is 0.508. The topological polar surface area (TPSA) is 15.3 Å². The number of anilines is 1. The molecule has 1 N–H and O–H groups in total. The van der Waals surface area contributed by atoms with Crippen molar-refractivity contribution in [3.05, 3.63) is 27.7 Å². The van der Waals surface area contributed by atoms with E-state index in [-0.39, 0.29) is 0 Å². The fourth-order valence-corrected chi connectivity index (χ4v) is 3.06. The van der Waals surface area contributed by atoms with Crippen LogP contribution in [-0.2, 0) is 0 Å². The Morgan fingerprint density at radius 3 is 2.89 bits per heavy atom. The van der Waals surface area contributed by atoms with Gasteiger partial charge in [0.05, 0.1) is 5.02 Å². The molecule has 106 valence electrons. The number of nitrogens with zero attached hydrogens (tertiary/aromatic N) is 1. The van der Waals surface area contributed by atoms with Gasteiger partial charge in [0.25, 0.3) is 0 Å². The normalized spacial score (nSPS) is 25.4. The van der Waals surface area contributed by atoms with Crippen LogP contribution in [0.2, 0.25) is 5.02 Å². The number of hydrogen-bond acceptors (Lipinski definition) is 2. The van der Waals surface area contributed by atoms with Gasteiger partial charge in [0, 0.05) is 35.3 Å². The van der Waals surface area contributed by atoms with Gasteiger partial charge < -0.3 is 10.2 Å². The van der Waals surface area contributed by atoms with Crippen LogP contribution in [-0.4, -0.2) is 25.2 Å². The average molecular weight is 346 g/mol. The minimum absolute atomic E-state index is 0.508. The summed E-state index contributed by atoms with van der Waals surface area (Å²) in [5.41, 5.74) is 1.25. The first-order chi connectivity index (χ1) is 9.02. The van der Waals surface area contributed by atoms with E-state index in [9.17, 15) is 0 Å². The second-order valence-corrected chi connectivity index (χ2v) is 6.76. The minimum Gasteiger partial charge on any atom is -0.366 e. The third-order valence-electron chi connectivity index (χ3n) is 4.17. The molecule has 1 saturated heterocycles. The monoisotopic (exact) mass is 344 g/mol. The van der Waals surface area contributed by atoms with Crippen LogP contribution < -0.4 is 10.2 Å². The van der Waals surface area contributed by atoms with Gasteiger partial charge in [-0.15, -0.1) is 0 Å². The molecule has 0 bridgehead atoms. The smallest absolute Gasteiger partial charge is 0.0549 e. The summed E-state index contributed by atoms with van der Waals surface area (Å²) < 4.78 is 0.970. The van der Waals surface area contributed by atoms with Crippen molar-refractivity contribution < 1.29 is 0 Å².